The molecule has 2 rings (SSSR count). The zero-order valence-electron chi connectivity index (χ0n) is 8.75. The fourth-order valence-electron chi connectivity index (χ4n) is 1.18. The second-order valence-electron chi connectivity index (χ2n) is 3.19. The minimum atomic E-state index is 0.186. The quantitative estimate of drug-likeness (QED) is 0.669. The topological polar surface area (TPSA) is 45.0 Å². The van der Waals surface area contributed by atoms with Crippen molar-refractivity contribution in [2.75, 3.05) is 0 Å². The number of halogens is 1. The molecule has 0 aliphatic heterocycles. The normalized spacial score (nSPS) is 11.6. The van der Waals surface area contributed by atoms with Gasteiger partial charge in [-0.2, -0.15) is 10.2 Å². The van der Waals surface area contributed by atoms with Crippen LogP contribution in [0.25, 0.3) is 0 Å². The summed E-state index contributed by atoms with van der Waals surface area (Å²) >= 11 is 7.21. The van der Waals surface area contributed by atoms with Crippen LogP contribution >= 0.6 is 22.9 Å². The van der Waals surface area contributed by atoms with E-state index >= 15 is 0 Å². The molecule has 0 saturated carbocycles. The fraction of sp³-hybridized carbons (Fsp3) is 0. The maximum absolute atomic E-state index is 9.47. The number of para-hydroxylation sites is 1. The number of benzene rings is 1. The summed E-state index contributed by atoms with van der Waals surface area (Å²) in [7, 11) is 0. The lowest BCUT2D eigenvalue weighted by Gasteiger charge is -1.94. The van der Waals surface area contributed by atoms with Crippen LogP contribution < -0.4 is 0 Å². The second kappa shape index (κ2) is 5.61. The average Bonchev–Trinajstić information content (AvgIpc) is 2.73. The molecule has 0 saturated heterocycles. The Labute approximate surface area is 108 Å². The van der Waals surface area contributed by atoms with Gasteiger partial charge in [0.1, 0.15) is 5.75 Å². The third kappa shape index (κ3) is 3.41. The van der Waals surface area contributed by atoms with Crippen LogP contribution in [-0.4, -0.2) is 17.5 Å². The number of nitrogens with zero attached hydrogens (tertiary/aromatic N) is 2. The van der Waals surface area contributed by atoms with Gasteiger partial charge in [-0.05, 0) is 24.3 Å². The number of hydrogen-bond acceptors (Lipinski definition) is 4. The zero-order valence-corrected chi connectivity index (χ0v) is 10.3. The highest BCUT2D eigenvalue weighted by Gasteiger charge is 1.94. The van der Waals surface area contributed by atoms with Gasteiger partial charge in [0.25, 0.3) is 0 Å². The number of phenols is 1. The number of hydrogen-bond donors (Lipinski definition) is 1. The molecule has 1 heterocycles. The van der Waals surface area contributed by atoms with Gasteiger partial charge in [-0.3, -0.25) is 0 Å². The van der Waals surface area contributed by atoms with E-state index < -0.39 is 0 Å². The van der Waals surface area contributed by atoms with Gasteiger partial charge < -0.3 is 5.11 Å². The molecule has 0 aliphatic carbocycles. The molecule has 0 radical (unpaired) electrons. The first-order chi connectivity index (χ1) is 8.25. The van der Waals surface area contributed by atoms with Crippen molar-refractivity contribution >= 4 is 35.4 Å². The Morgan fingerprint density at radius 3 is 2.53 bits per heavy atom. The lowest BCUT2D eigenvalue weighted by molar-refractivity contribution is 0.474. The Morgan fingerprint density at radius 2 is 1.82 bits per heavy atom. The van der Waals surface area contributed by atoms with Crippen LogP contribution in [0.4, 0.5) is 0 Å². The molecule has 0 unspecified atom stereocenters. The van der Waals surface area contributed by atoms with Crippen molar-refractivity contribution in [2.45, 2.75) is 0 Å². The summed E-state index contributed by atoms with van der Waals surface area (Å²) in [6, 6.07) is 10.6. The van der Waals surface area contributed by atoms with Crippen molar-refractivity contribution in [2.24, 2.45) is 10.2 Å². The van der Waals surface area contributed by atoms with Gasteiger partial charge in [0.15, 0.2) is 0 Å². The molecule has 0 atom stereocenters. The molecule has 1 aromatic carbocycles. The Balaban J connectivity index is 2.03. The molecule has 0 amide bonds. The Hall–Kier alpha value is -1.65. The first-order valence-electron chi connectivity index (χ1n) is 4.85. The van der Waals surface area contributed by atoms with E-state index in [0.717, 1.165) is 9.21 Å². The lowest BCUT2D eigenvalue weighted by Crippen LogP contribution is -1.80. The van der Waals surface area contributed by atoms with Crippen LogP contribution in [0.5, 0.6) is 5.75 Å². The molecular weight excluding hydrogens is 256 g/mol. The molecule has 0 aliphatic rings. The third-order valence-corrected chi connectivity index (χ3v) is 3.14. The number of aromatic hydroxyl groups is 1. The highest BCUT2D eigenvalue weighted by atomic mass is 35.5. The lowest BCUT2D eigenvalue weighted by atomic mass is 10.2. The van der Waals surface area contributed by atoms with Crippen molar-refractivity contribution in [1.82, 2.24) is 0 Å². The van der Waals surface area contributed by atoms with Crippen molar-refractivity contribution in [3.05, 3.63) is 51.2 Å². The van der Waals surface area contributed by atoms with Gasteiger partial charge in [-0.1, -0.05) is 23.7 Å². The highest BCUT2D eigenvalue weighted by molar-refractivity contribution is 7.17. The molecule has 0 bridgehead atoms. The summed E-state index contributed by atoms with van der Waals surface area (Å²) in [5, 5.41) is 17.2. The monoisotopic (exact) mass is 264 g/mol. The average molecular weight is 265 g/mol. The number of thiophene rings is 1. The molecule has 3 nitrogen and oxygen atoms in total. The van der Waals surface area contributed by atoms with Crippen molar-refractivity contribution in [3.8, 4) is 5.75 Å². The summed E-state index contributed by atoms with van der Waals surface area (Å²) in [5.74, 6) is 0.186. The predicted molar refractivity (Wildman–Crippen MR) is 72.6 cm³/mol. The summed E-state index contributed by atoms with van der Waals surface area (Å²) in [6.07, 6.45) is 3.12. The van der Waals surface area contributed by atoms with Crippen molar-refractivity contribution < 1.29 is 5.11 Å². The Morgan fingerprint density at radius 1 is 1.06 bits per heavy atom. The first kappa shape index (κ1) is 11.8. The van der Waals surface area contributed by atoms with Crippen molar-refractivity contribution in [3.63, 3.8) is 0 Å². The van der Waals surface area contributed by atoms with Gasteiger partial charge in [0.05, 0.1) is 16.8 Å². The molecule has 86 valence electrons. The minimum absolute atomic E-state index is 0.186. The molecule has 0 fully saturated rings. The van der Waals surface area contributed by atoms with E-state index in [1.807, 2.05) is 12.1 Å². The van der Waals surface area contributed by atoms with Gasteiger partial charge >= 0.3 is 0 Å². The van der Waals surface area contributed by atoms with Gasteiger partial charge in [-0.15, -0.1) is 11.3 Å². The van der Waals surface area contributed by atoms with Crippen molar-refractivity contribution in [1.29, 1.82) is 0 Å². The molecule has 2 aromatic rings. The number of rotatable bonds is 3. The van der Waals surface area contributed by atoms with E-state index in [-0.39, 0.29) is 5.75 Å². The fourth-order valence-corrected chi connectivity index (χ4v) is 2.11. The minimum Gasteiger partial charge on any atom is -0.507 e. The van der Waals surface area contributed by atoms with Crippen LogP contribution in [0.15, 0.2) is 46.6 Å². The summed E-state index contributed by atoms with van der Waals surface area (Å²) in [4.78, 5) is 0.935. The zero-order chi connectivity index (χ0) is 12.1. The van der Waals surface area contributed by atoms with E-state index in [9.17, 15) is 5.11 Å². The molecule has 1 N–H and O–H groups in total. The third-order valence-electron chi connectivity index (χ3n) is 1.98. The first-order valence-corrected chi connectivity index (χ1v) is 6.05. The van der Waals surface area contributed by atoms with Crippen LogP contribution in [-0.2, 0) is 0 Å². The standard InChI is InChI=1S/C12H9ClN2OS/c13-12-6-5-10(17-12)8-15-14-7-9-3-1-2-4-11(9)16/h1-8,16H. The maximum Gasteiger partial charge on any atom is 0.124 e. The van der Waals surface area contributed by atoms with Crippen LogP contribution in [0.2, 0.25) is 4.34 Å². The largest absolute Gasteiger partial charge is 0.507 e. The highest BCUT2D eigenvalue weighted by Crippen LogP contribution is 2.19. The van der Waals surface area contributed by atoms with Crippen LogP contribution in [0.3, 0.4) is 0 Å². The maximum atomic E-state index is 9.47. The number of phenolic OH excluding ortho intramolecular Hbond substituents is 1. The van der Waals surface area contributed by atoms with E-state index in [1.165, 1.54) is 17.6 Å². The predicted octanol–water partition coefficient (Wildman–Crippen LogP) is 3.56. The second-order valence-corrected chi connectivity index (χ2v) is 4.94. The Bertz CT molecular complexity index is 563. The smallest absolute Gasteiger partial charge is 0.124 e. The van der Waals surface area contributed by atoms with E-state index in [2.05, 4.69) is 10.2 Å². The summed E-state index contributed by atoms with van der Waals surface area (Å²) < 4.78 is 0.719. The van der Waals surface area contributed by atoms with E-state index in [0.29, 0.717) is 5.56 Å². The van der Waals surface area contributed by atoms with Crippen LogP contribution in [0.1, 0.15) is 10.4 Å². The molecule has 0 spiro atoms. The molecule has 17 heavy (non-hydrogen) atoms. The SMILES string of the molecule is Oc1ccccc1C=NN=Cc1ccc(Cl)s1. The molecule has 1 aromatic heterocycles. The van der Waals surface area contributed by atoms with E-state index in [1.54, 1.807) is 30.5 Å². The summed E-state index contributed by atoms with van der Waals surface area (Å²) in [6.45, 7) is 0. The van der Waals surface area contributed by atoms with E-state index in [4.69, 9.17) is 11.6 Å². The molecule has 5 heteroatoms. The molecular formula is C12H9ClN2OS. The van der Waals surface area contributed by atoms with Gasteiger partial charge in [0, 0.05) is 10.4 Å². The summed E-state index contributed by atoms with van der Waals surface area (Å²) in [5.41, 5.74) is 0.633. The van der Waals surface area contributed by atoms with Gasteiger partial charge in [-0.25, -0.2) is 0 Å². The van der Waals surface area contributed by atoms with Crippen LogP contribution in [0, 0.1) is 0 Å². The van der Waals surface area contributed by atoms with Gasteiger partial charge in [0.2, 0.25) is 0 Å². The Kier molecular flexibility index (Phi) is 3.90.